The molecule has 0 fully saturated rings. The van der Waals surface area contributed by atoms with Crippen LogP contribution in [0.4, 0.5) is 11.4 Å². The van der Waals surface area contributed by atoms with E-state index in [0.29, 0.717) is 29.1 Å². The molecule has 1 aliphatic heterocycles. The number of hydrogen-bond donors (Lipinski definition) is 3. The van der Waals surface area contributed by atoms with Crippen LogP contribution in [-0.2, 0) is 4.79 Å². The molecule has 0 saturated heterocycles. The maximum Gasteiger partial charge on any atom is 0.255 e. The number of hydrazone groups is 1. The average Bonchev–Trinajstić information content (AvgIpc) is 2.68. The second-order valence-corrected chi connectivity index (χ2v) is 6.33. The summed E-state index contributed by atoms with van der Waals surface area (Å²) in [6.45, 7) is 2.01. The number of carbonyl (C=O) groups excluding carboxylic acids is 2. The number of nitrogens with one attached hydrogen (secondary N) is 2. The van der Waals surface area contributed by atoms with E-state index in [-0.39, 0.29) is 17.7 Å². The summed E-state index contributed by atoms with van der Waals surface area (Å²) in [5.74, 6) is 0.387. The van der Waals surface area contributed by atoms with Gasteiger partial charge in [0.1, 0.15) is 5.75 Å². The molecule has 0 radical (unpaired) electrons. The molecular weight excluding hydrogens is 344 g/mol. The summed E-state index contributed by atoms with van der Waals surface area (Å²) >= 11 is 0. The Labute approximate surface area is 157 Å². The van der Waals surface area contributed by atoms with Gasteiger partial charge in [0.05, 0.1) is 12.8 Å². The first kappa shape index (κ1) is 18.4. The van der Waals surface area contributed by atoms with Crippen molar-refractivity contribution in [3.05, 3.63) is 53.6 Å². The van der Waals surface area contributed by atoms with Crippen LogP contribution in [0.1, 0.15) is 35.7 Å². The highest BCUT2D eigenvalue weighted by Gasteiger charge is 2.25. The van der Waals surface area contributed by atoms with Crippen molar-refractivity contribution < 1.29 is 14.3 Å². The Morgan fingerprint density at radius 3 is 2.67 bits per heavy atom. The predicted octanol–water partition coefficient (Wildman–Crippen LogP) is 2.78. The van der Waals surface area contributed by atoms with Gasteiger partial charge < -0.3 is 15.8 Å². The number of benzene rings is 2. The van der Waals surface area contributed by atoms with Crippen molar-refractivity contribution in [1.82, 2.24) is 5.43 Å². The Hall–Kier alpha value is -3.35. The monoisotopic (exact) mass is 366 g/mol. The van der Waals surface area contributed by atoms with E-state index in [0.717, 1.165) is 17.7 Å². The predicted molar refractivity (Wildman–Crippen MR) is 105 cm³/mol. The highest BCUT2D eigenvalue weighted by Crippen LogP contribution is 2.26. The van der Waals surface area contributed by atoms with Crippen molar-refractivity contribution in [1.29, 1.82) is 0 Å². The molecule has 1 atom stereocenters. The third kappa shape index (κ3) is 4.08. The Kier molecular flexibility index (Phi) is 5.40. The van der Waals surface area contributed by atoms with E-state index in [1.54, 1.807) is 43.5 Å². The van der Waals surface area contributed by atoms with Gasteiger partial charge in [-0.15, -0.1) is 0 Å². The van der Waals surface area contributed by atoms with E-state index in [2.05, 4.69) is 15.8 Å². The molecule has 0 spiro atoms. The Morgan fingerprint density at radius 2 is 2.04 bits per heavy atom. The molecule has 0 bridgehead atoms. The highest BCUT2D eigenvalue weighted by molar-refractivity contribution is 6.10. The van der Waals surface area contributed by atoms with Crippen molar-refractivity contribution in [2.45, 2.75) is 19.8 Å². The van der Waals surface area contributed by atoms with Gasteiger partial charge in [-0.1, -0.05) is 6.92 Å². The number of amides is 2. The number of anilines is 2. The van der Waals surface area contributed by atoms with Gasteiger partial charge in [0.25, 0.3) is 5.91 Å². The van der Waals surface area contributed by atoms with Crippen LogP contribution >= 0.6 is 0 Å². The van der Waals surface area contributed by atoms with Crippen LogP contribution in [-0.4, -0.2) is 24.6 Å². The SMILES string of the molecule is CCC1CC(=O)NN=C1c1ccc(NC(=O)c2ccc(OC)cc2)cc1N. The maximum absolute atomic E-state index is 12.4. The van der Waals surface area contributed by atoms with Gasteiger partial charge in [-0.3, -0.25) is 9.59 Å². The quantitative estimate of drug-likeness (QED) is 0.708. The van der Waals surface area contributed by atoms with Crippen molar-refractivity contribution in [2.75, 3.05) is 18.2 Å². The molecule has 1 aliphatic rings. The first-order valence-electron chi connectivity index (χ1n) is 8.73. The Balaban J connectivity index is 1.78. The molecule has 27 heavy (non-hydrogen) atoms. The van der Waals surface area contributed by atoms with Crippen molar-refractivity contribution in [3.63, 3.8) is 0 Å². The van der Waals surface area contributed by atoms with E-state index < -0.39 is 0 Å². The van der Waals surface area contributed by atoms with Gasteiger partial charge in [-0.2, -0.15) is 5.10 Å². The zero-order chi connectivity index (χ0) is 19.4. The molecular formula is C20H22N4O3. The molecule has 2 amide bonds. The van der Waals surface area contributed by atoms with Gasteiger partial charge in [0.2, 0.25) is 5.91 Å². The van der Waals surface area contributed by atoms with E-state index in [1.165, 1.54) is 0 Å². The first-order chi connectivity index (χ1) is 13.0. The van der Waals surface area contributed by atoms with Gasteiger partial charge in [0.15, 0.2) is 0 Å². The second kappa shape index (κ2) is 7.90. The van der Waals surface area contributed by atoms with E-state index in [1.807, 2.05) is 13.0 Å². The van der Waals surface area contributed by atoms with Crippen LogP contribution in [0.25, 0.3) is 0 Å². The molecule has 2 aromatic carbocycles. The van der Waals surface area contributed by atoms with Gasteiger partial charge in [0, 0.05) is 34.8 Å². The summed E-state index contributed by atoms with van der Waals surface area (Å²) in [5.41, 5.74) is 11.8. The highest BCUT2D eigenvalue weighted by atomic mass is 16.5. The molecule has 140 valence electrons. The lowest BCUT2D eigenvalue weighted by Gasteiger charge is -2.22. The van der Waals surface area contributed by atoms with Gasteiger partial charge in [-0.25, -0.2) is 5.43 Å². The first-order valence-corrected chi connectivity index (χ1v) is 8.73. The standard InChI is InChI=1S/C20H22N4O3/c1-3-12-10-18(25)23-24-19(12)16-9-6-14(11-17(16)21)22-20(26)13-4-7-15(27-2)8-5-13/h4-9,11-12H,3,10,21H2,1-2H3,(H,22,26)(H,23,25). The minimum Gasteiger partial charge on any atom is -0.497 e. The number of carbonyl (C=O) groups is 2. The fourth-order valence-electron chi connectivity index (χ4n) is 3.02. The number of nitrogens with zero attached hydrogens (tertiary/aromatic N) is 1. The van der Waals surface area contributed by atoms with Crippen LogP contribution in [0.15, 0.2) is 47.6 Å². The van der Waals surface area contributed by atoms with Crippen LogP contribution in [0, 0.1) is 5.92 Å². The van der Waals surface area contributed by atoms with Gasteiger partial charge in [-0.05, 0) is 48.9 Å². The fraction of sp³-hybridized carbons (Fsp3) is 0.250. The summed E-state index contributed by atoms with van der Waals surface area (Å²) in [6, 6.07) is 12.1. The van der Waals surface area contributed by atoms with Crippen LogP contribution < -0.4 is 21.2 Å². The molecule has 7 nitrogen and oxygen atoms in total. The van der Waals surface area contributed by atoms with E-state index >= 15 is 0 Å². The average molecular weight is 366 g/mol. The zero-order valence-electron chi connectivity index (χ0n) is 15.3. The third-order valence-electron chi connectivity index (χ3n) is 4.55. The second-order valence-electron chi connectivity index (χ2n) is 6.33. The molecule has 7 heteroatoms. The summed E-state index contributed by atoms with van der Waals surface area (Å²) < 4.78 is 5.09. The Bertz CT molecular complexity index is 891. The summed E-state index contributed by atoms with van der Waals surface area (Å²) in [7, 11) is 1.57. The largest absolute Gasteiger partial charge is 0.497 e. The lowest BCUT2D eigenvalue weighted by Crippen LogP contribution is -2.33. The minimum atomic E-state index is -0.237. The Morgan fingerprint density at radius 1 is 1.30 bits per heavy atom. The third-order valence-corrected chi connectivity index (χ3v) is 4.55. The smallest absolute Gasteiger partial charge is 0.255 e. The number of nitrogen functional groups attached to an aromatic ring is 1. The van der Waals surface area contributed by atoms with E-state index in [9.17, 15) is 9.59 Å². The number of hydrogen-bond acceptors (Lipinski definition) is 5. The molecule has 0 aromatic heterocycles. The lowest BCUT2D eigenvalue weighted by molar-refractivity contribution is -0.122. The van der Waals surface area contributed by atoms with Crippen LogP contribution in [0.5, 0.6) is 5.75 Å². The van der Waals surface area contributed by atoms with E-state index in [4.69, 9.17) is 10.5 Å². The van der Waals surface area contributed by atoms with Crippen molar-refractivity contribution in [3.8, 4) is 5.75 Å². The minimum absolute atomic E-state index is 0.0285. The number of nitrogens with two attached hydrogens (primary N) is 1. The number of ether oxygens (including phenoxy) is 1. The normalized spacial score (nSPS) is 16.3. The van der Waals surface area contributed by atoms with Gasteiger partial charge >= 0.3 is 0 Å². The van der Waals surface area contributed by atoms with Crippen LogP contribution in [0.2, 0.25) is 0 Å². The number of methoxy groups -OCH3 is 1. The molecule has 2 aromatic rings. The molecule has 0 aliphatic carbocycles. The molecule has 3 rings (SSSR count). The summed E-state index contributed by atoms with van der Waals surface area (Å²) in [4.78, 5) is 23.9. The molecule has 0 saturated carbocycles. The topological polar surface area (TPSA) is 106 Å². The molecule has 4 N–H and O–H groups in total. The lowest BCUT2D eigenvalue weighted by atomic mass is 9.89. The van der Waals surface area contributed by atoms with Crippen LogP contribution in [0.3, 0.4) is 0 Å². The maximum atomic E-state index is 12.4. The molecule has 1 heterocycles. The number of rotatable bonds is 5. The molecule has 1 unspecified atom stereocenters. The fourth-order valence-corrected chi connectivity index (χ4v) is 3.02. The summed E-state index contributed by atoms with van der Waals surface area (Å²) in [6.07, 6.45) is 1.19. The van der Waals surface area contributed by atoms with Crippen molar-refractivity contribution >= 4 is 28.9 Å². The zero-order valence-corrected chi connectivity index (χ0v) is 15.3. The summed E-state index contributed by atoms with van der Waals surface area (Å²) in [5, 5.41) is 7.02. The van der Waals surface area contributed by atoms with Crippen molar-refractivity contribution in [2.24, 2.45) is 11.0 Å².